The maximum Gasteiger partial charge on any atom is 0.188 e. The maximum absolute atomic E-state index is 5.78. The van der Waals surface area contributed by atoms with Gasteiger partial charge in [0.1, 0.15) is 5.65 Å². The van der Waals surface area contributed by atoms with Crippen molar-refractivity contribution in [1.29, 1.82) is 0 Å². The zero-order chi connectivity index (χ0) is 13.8. The molecule has 0 amide bonds. The lowest BCUT2D eigenvalue weighted by molar-refractivity contribution is 0.621. The largest absolute Gasteiger partial charge is 0.370 e. The molecule has 0 aromatic carbocycles. The summed E-state index contributed by atoms with van der Waals surface area (Å²) in [7, 11) is 0. The summed E-state index contributed by atoms with van der Waals surface area (Å²) >= 11 is 3.43. The Labute approximate surface area is 121 Å². The number of rotatable bonds is 4. The lowest BCUT2D eigenvalue weighted by atomic mass is 10.2. The highest BCUT2D eigenvalue weighted by Gasteiger charge is 2.02. The molecule has 0 aliphatic carbocycles. The summed E-state index contributed by atoms with van der Waals surface area (Å²) in [5, 5.41) is 3.08. The van der Waals surface area contributed by atoms with Crippen molar-refractivity contribution < 1.29 is 0 Å². The first-order chi connectivity index (χ1) is 9.04. The highest BCUT2D eigenvalue weighted by Crippen LogP contribution is 2.12. The van der Waals surface area contributed by atoms with Gasteiger partial charge in [0, 0.05) is 23.4 Å². The van der Waals surface area contributed by atoms with Gasteiger partial charge in [-0.05, 0) is 34.0 Å². The quantitative estimate of drug-likeness (QED) is 0.669. The van der Waals surface area contributed by atoms with Crippen molar-refractivity contribution in [1.82, 2.24) is 14.7 Å². The second kappa shape index (κ2) is 6.06. The Morgan fingerprint density at radius 3 is 3.00 bits per heavy atom. The van der Waals surface area contributed by atoms with E-state index >= 15 is 0 Å². The van der Waals surface area contributed by atoms with Crippen LogP contribution in [0, 0.1) is 5.92 Å². The van der Waals surface area contributed by atoms with E-state index in [0.717, 1.165) is 22.4 Å². The molecule has 102 valence electrons. The molecule has 3 N–H and O–H groups in total. The summed E-state index contributed by atoms with van der Waals surface area (Å²) in [6.45, 7) is 5.56. The Hall–Kier alpha value is -1.56. The molecule has 0 saturated carbocycles. The minimum Gasteiger partial charge on any atom is -0.370 e. The van der Waals surface area contributed by atoms with Crippen molar-refractivity contribution in [3.05, 3.63) is 34.7 Å². The van der Waals surface area contributed by atoms with Gasteiger partial charge in [-0.25, -0.2) is 9.98 Å². The molecule has 6 heteroatoms. The van der Waals surface area contributed by atoms with E-state index in [2.05, 4.69) is 45.1 Å². The van der Waals surface area contributed by atoms with Gasteiger partial charge < -0.3 is 15.5 Å². The SMILES string of the molecule is CC(C)CNC(N)=NCc1cn2cc(Br)ccc2n1. The van der Waals surface area contributed by atoms with Crippen molar-refractivity contribution in [2.24, 2.45) is 16.6 Å². The molecule has 2 aromatic heterocycles. The summed E-state index contributed by atoms with van der Waals surface area (Å²) in [5.41, 5.74) is 7.59. The number of pyridine rings is 1. The molecule has 0 saturated heterocycles. The Morgan fingerprint density at radius 2 is 2.26 bits per heavy atom. The van der Waals surface area contributed by atoms with Crippen molar-refractivity contribution in [3.63, 3.8) is 0 Å². The van der Waals surface area contributed by atoms with E-state index in [9.17, 15) is 0 Å². The number of imidazole rings is 1. The number of nitrogens with one attached hydrogen (secondary N) is 1. The van der Waals surface area contributed by atoms with Gasteiger partial charge in [-0.3, -0.25) is 0 Å². The van der Waals surface area contributed by atoms with Crippen LogP contribution in [0.4, 0.5) is 0 Å². The van der Waals surface area contributed by atoms with Crippen LogP contribution in [0.5, 0.6) is 0 Å². The minimum absolute atomic E-state index is 0.465. The fraction of sp³-hybridized carbons (Fsp3) is 0.385. The zero-order valence-corrected chi connectivity index (χ0v) is 12.7. The van der Waals surface area contributed by atoms with E-state index in [1.807, 2.05) is 28.9 Å². The van der Waals surface area contributed by atoms with Crippen LogP contribution in [-0.2, 0) is 6.54 Å². The molecule has 0 spiro atoms. The van der Waals surface area contributed by atoms with Gasteiger partial charge in [0.05, 0.1) is 12.2 Å². The Morgan fingerprint density at radius 1 is 1.47 bits per heavy atom. The third-order valence-electron chi connectivity index (χ3n) is 2.57. The summed E-state index contributed by atoms with van der Waals surface area (Å²) in [6.07, 6.45) is 3.93. The van der Waals surface area contributed by atoms with Crippen LogP contribution in [0.1, 0.15) is 19.5 Å². The molecule has 0 aliphatic rings. The molecule has 0 aliphatic heterocycles. The lowest BCUT2D eigenvalue weighted by Crippen LogP contribution is -2.34. The van der Waals surface area contributed by atoms with Gasteiger partial charge in [-0.2, -0.15) is 0 Å². The molecule has 2 rings (SSSR count). The smallest absolute Gasteiger partial charge is 0.188 e. The monoisotopic (exact) mass is 323 g/mol. The molecular formula is C13H18BrN5. The number of hydrogen-bond donors (Lipinski definition) is 2. The molecule has 0 fully saturated rings. The van der Waals surface area contributed by atoms with Gasteiger partial charge in [0.2, 0.25) is 0 Å². The third-order valence-corrected chi connectivity index (χ3v) is 3.04. The fourth-order valence-corrected chi connectivity index (χ4v) is 1.98. The van der Waals surface area contributed by atoms with E-state index in [-0.39, 0.29) is 0 Å². The van der Waals surface area contributed by atoms with Crippen LogP contribution in [0.3, 0.4) is 0 Å². The number of fused-ring (bicyclic) bond motifs is 1. The molecule has 0 radical (unpaired) electrons. The molecular weight excluding hydrogens is 306 g/mol. The van der Waals surface area contributed by atoms with Gasteiger partial charge in [0.25, 0.3) is 0 Å². The normalized spacial score (nSPS) is 12.3. The zero-order valence-electron chi connectivity index (χ0n) is 11.1. The molecule has 5 nitrogen and oxygen atoms in total. The van der Waals surface area contributed by atoms with Gasteiger partial charge in [-0.1, -0.05) is 13.8 Å². The molecule has 2 heterocycles. The third kappa shape index (κ3) is 3.96. The van der Waals surface area contributed by atoms with Crippen molar-refractivity contribution >= 4 is 27.5 Å². The average Bonchev–Trinajstić information content (AvgIpc) is 2.75. The van der Waals surface area contributed by atoms with E-state index < -0.39 is 0 Å². The molecule has 0 atom stereocenters. The van der Waals surface area contributed by atoms with E-state index in [1.165, 1.54) is 0 Å². The van der Waals surface area contributed by atoms with Crippen LogP contribution in [0.15, 0.2) is 34.0 Å². The van der Waals surface area contributed by atoms with Crippen molar-refractivity contribution in [2.45, 2.75) is 20.4 Å². The van der Waals surface area contributed by atoms with Gasteiger partial charge in [-0.15, -0.1) is 0 Å². The Bertz CT molecular complexity index is 588. The van der Waals surface area contributed by atoms with E-state index in [4.69, 9.17) is 5.73 Å². The van der Waals surface area contributed by atoms with Gasteiger partial charge >= 0.3 is 0 Å². The predicted octanol–water partition coefficient (Wildman–Crippen LogP) is 2.16. The summed E-state index contributed by atoms with van der Waals surface area (Å²) in [5.74, 6) is 1.01. The minimum atomic E-state index is 0.465. The Kier molecular flexibility index (Phi) is 4.42. The van der Waals surface area contributed by atoms with E-state index in [0.29, 0.717) is 18.4 Å². The summed E-state index contributed by atoms with van der Waals surface area (Å²) in [4.78, 5) is 8.75. The standard InChI is InChI=1S/C13H18BrN5/c1-9(2)5-16-13(15)17-6-11-8-19-7-10(14)3-4-12(19)18-11/h3-4,7-9H,5-6H2,1-2H3,(H3,15,16,17). The number of aromatic nitrogens is 2. The van der Waals surface area contributed by atoms with E-state index in [1.54, 1.807) is 0 Å². The number of aliphatic imine (C=N–C) groups is 1. The van der Waals surface area contributed by atoms with Crippen LogP contribution in [-0.4, -0.2) is 21.9 Å². The molecule has 2 aromatic rings. The first-order valence-corrected chi connectivity index (χ1v) is 7.01. The van der Waals surface area contributed by atoms with Crippen molar-refractivity contribution in [3.8, 4) is 0 Å². The second-order valence-electron chi connectivity index (χ2n) is 4.82. The van der Waals surface area contributed by atoms with Crippen LogP contribution in [0.2, 0.25) is 0 Å². The lowest BCUT2D eigenvalue weighted by Gasteiger charge is -2.07. The number of nitrogens with two attached hydrogens (primary N) is 1. The highest BCUT2D eigenvalue weighted by molar-refractivity contribution is 9.10. The van der Waals surface area contributed by atoms with Crippen LogP contribution >= 0.6 is 15.9 Å². The first kappa shape index (κ1) is 13.9. The second-order valence-corrected chi connectivity index (χ2v) is 5.74. The fourth-order valence-electron chi connectivity index (χ4n) is 1.62. The number of guanidine groups is 1. The average molecular weight is 324 g/mol. The van der Waals surface area contributed by atoms with Crippen molar-refractivity contribution in [2.75, 3.05) is 6.54 Å². The summed E-state index contributed by atoms with van der Waals surface area (Å²) in [6, 6.07) is 3.92. The van der Waals surface area contributed by atoms with Crippen LogP contribution in [0.25, 0.3) is 5.65 Å². The first-order valence-electron chi connectivity index (χ1n) is 6.21. The van der Waals surface area contributed by atoms with Crippen LogP contribution < -0.4 is 11.1 Å². The number of nitrogens with zero attached hydrogens (tertiary/aromatic N) is 3. The topological polar surface area (TPSA) is 67.7 Å². The Balaban J connectivity index is 2.03. The van der Waals surface area contributed by atoms with Gasteiger partial charge in [0.15, 0.2) is 5.96 Å². The number of halogens is 1. The predicted molar refractivity (Wildman–Crippen MR) is 81.1 cm³/mol. The molecule has 0 unspecified atom stereocenters. The maximum atomic E-state index is 5.78. The number of hydrogen-bond acceptors (Lipinski definition) is 2. The summed E-state index contributed by atoms with van der Waals surface area (Å²) < 4.78 is 2.98. The molecule has 19 heavy (non-hydrogen) atoms. The molecule has 0 bridgehead atoms. The highest BCUT2D eigenvalue weighted by atomic mass is 79.9.